The van der Waals surface area contributed by atoms with Gasteiger partial charge >= 0.3 is 0 Å². The highest BCUT2D eigenvalue weighted by atomic mass is 16.3. The molecule has 0 amide bonds. The molecule has 6 N–H and O–H groups in total. The Morgan fingerprint density at radius 3 is 1.50 bits per heavy atom. The summed E-state index contributed by atoms with van der Waals surface area (Å²) >= 11 is 0. The first-order valence-corrected chi connectivity index (χ1v) is 6.29. The van der Waals surface area contributed by atoms with Gasteiger partial charge in [0.05, 0.1) is 0 Å². The van der Waals surface area contributed by atoms with Gasteiger partial charge in [0, 0.05) is 23.5 Å². The van der Waals surface area contributed by atoms with Gasteiger partial charge in [0.2, 0.25) is 11.5 Å². The van der Waals surface area contributed by atoms with E-state index in [0.29, 0.717) is 6.29 Å². The Balaban J connectivity index is 2.64. The SMILES string of the molecule is O=CCC(c1ccc(O)c(O)c1O)c1ccc(O)c(O)c1O. The molecule has 0 fully saturated rings. The molecule has 0 saturated heterocycles. The van der Waals surface area contributed by atoms with Gasteiger partial charge in [-0.1, -0.05) is 12.1 Å². The van der Waals surface area contributed by atoms with Gasteiger partial charge in [-0.3, -0.25) is 0 Å². The van der Waals surface area contributed by atoms with E-state index in [0.717, 1.165) is 12.1 Å². The van der Waals surface area contributed by atoms with E-state index < -0.39 is 40.4 Å². The van der Waals surface area contributed by atoms with E-state index in [1.807, 2.05) is 0 Å². The molecule has 0 atom stereocenters. The first kappa shape index (κ1) is 15.3. The van der Waals surface area contributed by atoms with Crippen LogP contribution in [0.15, 0.2) is 24.3 Å². The van der Waals surface area contributed by atoms with E-state index in [9.17, 15) is 35.4 Å². The van der Waals surface area contributed by atoms with Crippen LogP contribution in [-0.2, 0) is 4.79 Å². The second-order valence-electron chi connectivity index (χ2n) is 4.70. The van der Waals surface area contributed by atoms with E-state index in [1.165, 1.54) is 12.1 Å². The van der Waals surface area contributed by atoms with Crippen LogP contribution in [-0.4, -0.2) is 36.9 Å². The van der Waals surface area contributed by atoms with Gasteiger partial charge in [-0.15, -0.1) is 0 Å². The largest absolute Gasteiger partial charge is 0.504 e. The molecule has 2 aromatic carbocycles. The quantitative estimate of drug-likeness (QED) is 0.373. The van der Waals surface area contributed by atoms with E-state index in [2.05, 4.69) is 0 Å². The topological polar surface area (TPSA) is 138 Å². The van der Waals surface area contributed by atoms with E-state index >= 15 is 0 Å². The van der Waals surface area contributed by atoms with Gasteiger partial charge in [0.15, 0.2) is 23.0 Å². The van der Waals surface area contributed by atoms with Crippen LogP contribution in [0.1, 0.15) is 23.5 Å². The van der Waals surface area contributed by atoms with Crippen molar-refractivity contribution in [3.8, 4) is 34.5 Å². The number of aromatic hydroxyl groups is 6. The highest BCUT2D eigenvalue weighted by molar-refractivity contribution is 5.64. The molecule has 0 aromatic heterocycles. The number of aldehydes is 1. The summed E-state index contributed by atoms with van der Waals surface area (Å²) < 4.78 is 0. The number of phenols is 6. The molecule has 0 heterocycles. The Kier molecular flexibility index (Phi) is 3.98. The van der Waals surface area contributed by atoms with Crippen molar-refractivity contribution in [2.75, 3.05) is 0 Å². The number of hydrogen-bond donors (Lipinski definition) is 6. The molecule has 0 bridgehead atoms. The average molecular weight is 306 g/mol. The first-order chi connectivity index (χ1) is 10.4. The lowest BCUT2D eigenvalue weighted by Crippen LogP contribution is -2.03. The van der Waals surface area contributed by atoms with Crippen LogP contribution in [0.2, 0.25) is 0 Å². The zero-order valence-electron chi connectivity index (χ0n) is 11.3. The van der Waals surface area contributed by atoms with Crippen LogP contribution in [0, 0.1) is 0 Å². The number of phenolic OH excluding ortho intramolecular Hbond substituents is 6. The van der Waals surface area contributed by atoms with Crippen LogP contribution >= 0.6 is 0 Å². The summed E-state index contributed by atoms with van der Waals surface area (Å²) in [6.07, 6.45) is 0.368. The Morgan fingerprint density at radius 1 is 0.727 bits per heavy atom. The lowest BCUT2D eigenvalue weighted by Gasteiger charge is -2.19. The van der Waals surface area contributed by atoms with Crippen molar-refractivity contribution < 1.29 is 35.4 Å². The van der Waals surface area contributed by atoms with Crippen LogP contribution in [0.5, 0.6) is 34.5 Å². The molecular formula is C15H14O7. The summed E-state index contributed by atoms with van der Waals surface area (Å²) in [5.41, 5.74) is 0.144. The maximum absolute atomic E-state index is 10.9. The lowest BCUT2D eigenvalue weighted by atomic mass is 9.87. The summed E-state index contributed by atoms with van der Waals surface area (Å²) in [6.45, 7) is 0. The third-order valence-corrected chi connectivity index (χ3v) is 3.41. The normalized spacial score (nSPS) is 10.8. The number of hydrogen-bond acceptors (Lipinski definition) is 7. The predicted octanol–water partition coefficient (Wildman–Crippen LogP) is 1.64. The fraction of sp³-hybridized carbons (Fsp3) is 0.133. The van der Waals surface area contributed by atoms with Gasteiger partial charge in [-0.2, -0.15) is 0 Å². The van der Waals surface area contributed by atoms with Crippen LogP contribution < -0.4 is 0 Å². The van der Waals surface area contributed by atoms with Gasteiger partial charge < -0.3 is 35.4 Å². The third kappa shape index (κ3) is 2.44. The maximum Gasteiger partial charge on any atom is 0.200 e. The Labute approximate surface area is 125 Å². The molecule has 0 radical (unpaired) electrons. The monoisotopic (exact) mass is 306 g/mol. The molecule has 7 nitrogen and oxygen atoms in total. The van der Waals surface area contributed by atoms with Crippen LogP contribution in [0.3, 0.4) is 0 Å². The van der Waals surface area contributed by atoms with Gasteiger partial charge in [0.25, 0.3) is 0 Å². The number of benzene rings is 2. The Bertz CT molecular complexity index is 667. The fourth-order valence-corrected chi connectivity index (χ4v) is 2.25. The van der Waals surface area contributed by atoms with Crippen LogP contribution in [0.4, 0.5) is 0 Å². The third-order valence-electron chi connectivity index (χ3n) is 3.41. The average Bonchev–Trinajstić information content (AvgIpc) is 2.50. The van der Waals surface area contributed by atoms with Gasteiger partial charge in [-0.05, 0) is 12.1 Å². The molecule has 7 heteroatoms. The molecule has 0 aliphatic rings. The Morgan fingerprint density at radius 2 is 1.14 bits per heavy atom. The smallest absolute Gasteiger partial charge is 0.200 e. The van der Waals surface area contributed by atoms with Crippen molar-refractivity contribution in [1.82, 2.24) is 0 Å². The van der Waals surface area contributed by atoms with Crippen molar-refractivity contribution in [2.24, 2.45) is 0 Å². The minimum absolute atomic E-state index is 0.0720. The molecule has 0 saturated carbocycles. The van der Waals surface area contributed by atoms with Crippen LogP contribution in [0.25, 0.3) is 0 Å². The second-order valence-corrected chi connectivity index (χ2v) is 4.70. The van der Waals surface area contributed by atoms with Crippen molar-refractivity contribution in [3.63, 3.8) is 0 Å². The summed E-state index contributed by atoms with van der Waals surface area (Å²) in [7, 11) is 0. The van der Waals surface area contributed by atoms with E-state index in [4.69, 9.17) is 0 Å². The van der Waals surface area contributed by atoms with Crippen molar-refractivity contribution in [1.29, 1.82) is 0 Å². The molecule has 0 aliphatic carbocycles. The number of rotatable bonds is 4. The molecule has 116 valence electrons. The number of carbonyl (C=O) groups is 1. The molecule has 22 heavy (non-hydrogen) atoms. The second kappa shape index (κ2) is 5.72. The molecule has 0 aliphatic heterocycles. The van der Waals surface area contributed by atoms with Crippen molar-refractivity contribution in [3.05, 3.63) is 35.4 Å². The predicted molar refractivity (Wildman–Crippen MR) is 75.4 cm³/mol. The fourth-order valence-electron chi connectivity index (χ4n) is 2.25. The standard InChI is InChI=1S/C15H14O7/c16-6-5-7(8-1-3-10(17)14(21)12(8)19)9-2-4-11(18)15(22)13(9)20/h1-4,6-7,17-22H,5H2. The zero-order valence-corrected chi connectivity index (χ0v) is 11.3. The first-order valence-electron chi connectivity index (χ1n) is 6.29. The van der Waals surface area contributed by atoms with Crippen molar-refractivity contribution in [2.45, 2.75) is 12.3 Å². The minimum Gasteiger partial charge on any atom is -0.504 e. The van der Waals surface area contributed by atoms with Crippen molar-refractivity contribution >= 4 is 6.29 Å². The summed E-state index contributed by atoms with van der Waals surface area (Å²) in [5, 5.41) is 57.7. The molecule has 2 aromatic rings. The van der Waals surface area contributed by atoms with Gasteiger partial charge in [0.1, 0.15) is 6.29 Å². The summed E-state index contributed by atoms with van der Waals surface area (Å²) in [5.74, 6) is -4.76. The van der Waals surface area contributed by atoms with E-state index in [-0.39, 0.29) is 17.5 Å². The Hall–Kier alpha value is -3.09. The summed E-state index contributed by atoms with van der Waals surface area (Å²) in [6, 6.07) is 4.81. The maximum atomic E-state index is 10.9. The lowest BCUT2D eigenvalue weighted by molar-refractivity contribution is -0.108. The van der Waals surface area contributed by atoms with E-state index in [1.54, 1.807) is 0 Å². The molecule has 2 rings (SSSR count). The molecular weight excluding hydrogens is 292 g/mol. The highest BCUT2D eigenvalue weighted by Gasteiger charge is 2.25. The molecule has 0 unspecified atom stereocenters. The van der Waals surface area contributed by atoms with Gasteiger partial charge in [-0.25, -0.2) is 0 Å². The zero-order chi connectivity index (χ0) is 16.4. The minimum atomic E-state index is -0.893. The highest BCUT2D eigenvalue weighted by Crippen LogP contribution is 2.47. The summed E-state index contributed by atoms with van der Waals surface area (Å²) in [4.78, 5) is 10.9. The molecule has 0 spiro atoms. The number of carbonyl (C=O) groups excluding carboxylic acids is 1.